The van der Waals surface area contributed by atoms with E-state index < -0.39 is 0 Å². The van der Waals surface area contributed by atoms with Crippen molar-refractivity contribution in [1.29, 1.82) is 0 Å². The van der Waals surface area contributed by atoms with E-state index in [-0.39, 0.29) is 5.56 Å². The van der Waals surface area contributed by atoms with Crippen LogP contribution in [0.3, 0.4) is 0 Å². The first-order chi connectivity index (χ1) is 7.25. The minimum absolute atomic E-state index is 0.196. The van der Waals surface area contributed by atoms with Gasteiger partial charge in [0.25, 0.3) is 5.56 Å². The molecule has 1 aromatic carbocycles. The summed E-state index contributed by atoms with van der Waals surface area (Å²) in [4.78, 5) is 10.8. The van der Waals surface area contributed by atoms with Crippen molar-refractivity contribution < 1.29 is 0 Å². The zero-order valence-corrected chi connectivity index (χ0v) is 8.66. The van der Waals surface area contributed by atoms with Crippen molar-refractivity contribution in [1.82, 2.24) is 10.2 Å². The van der Waals surface area contributed by atoms with Crippen molar-refractivity contribution in [2.75, 3.05) is 0 Å². The topological polar surface area (TPSA) is 45.8 Å². The molecule has 76 valence electrons. The van der Waals surface area contributed by atoms with Crippen molar-refractivity contribution in [3.05, 3.63) is 63.0 Å². The van der Waals surface area contributed by atoms with E-state index in [1.807, 2.05) is 24.3 Å². The molecule has 0 saturated carbocycles. The van der Waals surface area contributed by atoms with E-state index in [0.717, 1.165) is 11.3 Å². The van der Waals surface area contributed by atoms with Gasteiger partial charge in [0, 0.05) is 17.5 Å². The SMILES string of the molecule is O=c1ccc(Cc2ccccc2Cl)n[nH]1. The van der Waals surface area contributed by atoms with Gasteiger partial charge >= 0.3 is 0 Å². The third-order valence-electron chi connectivity index (χ3n) is 2.07. The summed E-state index contributed by atoms with van der Waals surface area (Å²) < 4.78 is 0. The van der Waals surface area contributed by atoms with Crippen molar-refractivity contribution in [3.63, 3.8) is 0 Å². The van der Waals surface area contributed by atoms with Gasteiger partial charge in [-0.3, -0.25) is 4.79 Å². The molecule has 4 heteroatoms. The quantitative estimate of drug-likeness (QED) is 0.842. The summed E-state index contributed by atoms with van der Waals surface area (Å²) in [6.45, 7) is 0. The fourth-order valence-electron chi connectivity index (χ4n) is 1.31. The van der Waals surface area contributed by atoms with E-state index in [0.29, 0.717) is 11.4 Å². The van der Waals surface area contributed by atoms with Gasteiger partial charge in [0.1, 0.15) is 0 Å². The van der Waals surface area contributed by atoms with Gasteiger partial charge < -0.3 is 0 Å². The molecule has 1 N–H and O–H groups in total. The molecular weight excluding hydrogens is 212 g/mol. The second kappa shape index (κ2) is 4.28. The highest BCUT2D eigenvalue weighted by molar-refractivity contribution is 6.31. The Morgan fingerprint density at radius 1 is 1.20 bits per heavy atom. The first-order valence-corrected chi connectivity index (χ1v) is 4.91. The maximum atomic E-state index is 10.8. The van der Waals surface area contributed by atoms with E-state index in [2.05, 4.69) is 10.2 Å². The van der Waals surface area contributed by atoms with Crippen LogP contribution in [0.1, 0.15) is 11.3 Å². The molecule has 0 spiro atoms. The zero-order chi connectivity index (χ0) is 10.7. The second-order valence-electron chi connectivity index (χ2n) is 3.18. The van der Waals surface area contributed by atoms with Gasteiger partial charge in [-0.2, -0.15) is 5.10 Å². The number of benzene rings is 1. The van der Waals surface area contributed by atoms with Crippen LogP contribution in [0.25, 0.3) is 0 Å². The molecule has 0 aliphatic heterocycles. The van der Waals surface area contributed by atoms with Gasteiger partial charge in [0.15, 0.2) is 0 Å². The van der Waals surface area contributed by atoms with Gasteiger partial charge in [-0.25, -0.2) is 5.10 Å². The van der Waals surface area contributed by atoms with Crippen LogP contribution in [-0.4, -0.2) is 10.2 Å². The van der Waals surface area contributed by atoms with E-state index in [4.69, 9.17) is 11.6 Å². The maximum Gasteiger partial charge on any atom is 0.264 e. The Labute approximate surface area is 91.7 Å². The molecule has 0 unspecified atom stereocenters. The Kier molecular flexibility index (Phi) is 2.83. The number of halogens is 1. The minimum Gasteiger partial charge on any atom is -0.268 e. The number of aromatic nitrogens is 2. The lowest BCUT2D eigenvalue weighted by Crippen LogP contribution is -2.07. The van der Waals surface area contributed by atoms with Crippen molar-refractivity contribution in [2.24, 2.45) is 0 Å². The van der Waals surface area contributed by atoms with Crippen LogP contribution < -0.4 is 5.56 Å². The molecule has 3 nitrogen and oxygen atoms in total. The molecule has 0 bridgehead atoms. The van der Waals surface area contributed by atoms with Crippen LogP contribution in [-0.2, 0) is 6.42 Å². The molecule has 0 saturated heterocycles. The van der Waals surface area contributed by atoms with Crippen molar-refractivity contribution >= 4 is 11.6 Å². The van der Waals surface area contributed by atoms with Gasteiger partial charge in [0.05, 0.1) is 5.69 Å². The highest BCUT2D eigenvalue weighted by atomic mass is 35.5. The standard InChI is InChI=1S/C11H9ClN2O/c12-10-4-2-1-3-8(10)7-9-5-6-11(15)14-13-9/h1-6H,7H2,(H,14,15). The summed E-state index contributed by atoms with van der Waals surface area (Å²) in [6, 6.07) is 10.7. The molecule has 1 heterocycles. The molecule has 1 aromatic heterocycles. The monoisotopic (exact) mass is 220 g/mol. The highest BCUT2D eigenvalue weighted by Crippen LogP contribution is 2.17. The maximum absolute atomic E-state index is 10.8. The summed E-state index contributed by atoms with van der Waals surface area (Å²) in [5.41, 5.74) is 1.60. The van der Waals surface area contributed by atoms with E-state index in [1.54, 1.807) is 6.07 Å². The Hall–Kier alpha value is -1.61. The van der Waals surface area contributed by atoms with Gasteiger partial charge in [0.2, 0.25) is 0 Å². The first-order valence-electron chi connectivity index (χ1n) is 4.54. The minimum atomic E-state index is -0.196. The van der Waals surface area contributed by atoms with Crippen LogP contribution in [0.4, 0.5) is 0 Å². The molecule has 0 radical (unpaired) electrons. The summed E-state index contributed by atoms with van der Waals surface area (Å²) in [6.07, 6.45) is 0.621. The van der Waals surface area contributed by atoms with E-state index in [9.17, 15) is 4.79 Å². The molecular formula is C11H9ClN2O. The number of hydrogen-bond acceptors (Lipinski definition) is 2. The van der Waals surface area contributed by atoms with E-state index in [1.165, 1.54) is 6.07 Å². The lowest BCUT2D eigenvalue weighted by molar-refractivity contribution is 0.910. The van der Waals surface area contributed by atoms with Crippen LogP contribution >= 0.6 is 11.6 Å². The highest BCUT2D eigenvalue weighted by Gasteiger charge is 2.01. The third kappa shape index (κ3) is 2.44. The van der Waals surface area contributed by atoms with Gasteiger partial charge in [-0.1, -0.05) is 29.8 Å². The van der Waals surface area contributed by atoms with Gasteiger partial charge in [-0.05, 0) is 17.7 Å². The van der Waals surface area contributed by atoms with Crippen LogP contribution in [0, 0.1) is 0 Å². The molecule has 2 rings (SSSR count). The molecule has 0 aliphatic carbocycles. The number of aromatic amines is 1. The van der Waals surface area contributed by atoms with Crippen LogP contribution in [0.2, 0.25) is 5.02 Å². The molecule has 0 fully saturated rings. The fourth-order valence-corrected chi connectivity index (χ4v) is 1.51. The Morgan fingerprint density at radius 2 is 2.00 bits per heavy atom. The lowest BCUT2D eigenvalue weighted by atomic mass is 10.1. The zero-order valence-electron chi connectivity index (χ0n) is 7.90. The second-order valence-corrected chi connectivity index (χ2v) is 3.59. The van der Waals surface area contributed by atoms with Crippen LogP contribution in [0.15, 0.2) is 41.2 Å². The van der Waals surface area contributed by atoms with E-state index >= 15 is 0 Å². The summed E-state index contributed by atoms with van der Waals surface area (Å²) in [5.74, 6) is 0. The number of H-pyrrole nitrogens is 1. The van der Waals surface area contributed by atoms with Gasteiger partial charge in [-0.15, -0.1) is 0 Å². The Balaban J connectivity index is 2.26. The summed E-state index contributed by atoms with van der Waals surface area (Å²) >= 11 is 6.01. The molecule has 0 atom stereocenters. The molecule has 2 aromatic rings. The van der Waals surface area contributed by atoms with Crippen LogP contribution in [0.5, 0.6) is 0 Å². The van der Waals surface area contributed by atoms with Crippen molar-refractivity contribution in [2.45, 2.75) is 6.42 Å². The average molecular weight is 221 g/mol. The Bertz CT molecular complexity index is 501. The fraction of sp³-hybridized carbons (Fsp3) is 0.0909. The predicted molar refractivity (Wildman–Crippen MR) is 59.1 cm³/mol. The number of rotatable bonds is 2. The average Bonchev–Trinajstić information content (AvgIpc) is 2.25. The Morgan fingerprint density at radius 3 is 2.67 bits per heavy atom. The first kappa shape index (κ1) is 9.93. The summed E-state index contributed by atoms with van der Waals surface area (Å²) in [7, 11) is 0. The number of hydrogen-bond donors (Lipinski definition) is 1. The number of nitrogens with one attached hydrogen (secondary N) is 1. The third-order valence-corrected chi connectivity index (χ3v) is 2.43. The smallest absolute Gasteiger partial charge is 0.264 e. The number of nitrogens with zero attached hydrogens (tertiary/aromatic N) is 1. The molecule has 0 aliphatic rings. The van der Waals surface area contributed by atoms with Crippen molar-refractivity contribution in [3.8, 4) is 0 Å². The normalized spacial score (nSPS) is 10.2. The molecule has 0 amide bonds. The predicted octanol–water partition coefficient (Wildman–Crippen LogP) is 2.01. The summed E-state index contributed by atoms with van der Waals surface area (Å²) in [5, 5.41) is 7.02. The lowest BCUT2D eigenvalue weighted by Gasteiger charge is -2.02. The largest absolute Gasteiger partial charge is 0.268 e. The molecule has 15 heavy (non-hydrogen) atoms.